The maximum absolute atomic E-state index is 13.6. The van der Waals surface area contributed by atoms with Gasteiger partial charge in [0, 0.05) is 54.0 Å². The van der Waals surface area contributed by atoms with E-state index in [-0.39, 0.29) is 48.7 Å². The summed E-state index contributed by atoms with van der Waals surface area (Å²) in [5.74, 6) is -0.0781. The number of nitro groups is 1. The number of nitrogens with zero attached hydrogens (tertiary/aromatic N) is 3. The number of benzene rings is 3. The molecule has 220 valence electrons. The number of aromatic nitrogens is 1. The summed E-state index contributed by atoms with van der Waals surface area (Å²) in [7, 11) is -2.41. The average molecular weight is 612 g/mol. The van der Waals surface area contributed by atoms with Crippen molar-refractivity contribution < 1.29 is 22.9 Å². The van der Waals surface area contributed by atoms with Gasteiger partial charge in [0.15, 0.2) is 0 Å². The number of anilines is 1. The summed E-state index contributed by atoms with van der Waals surface area (Å²) in [4.78, 5) is 27.9. The number of pyridine rings is 1. The first-order valence-electron chi connectivity index (χ1n) is 13.1. The molecule has 4 aromatic rings. The van der Waals surface area contributed by atoms with Gasteiger partial charge in [-0.25, -0.2) is 8.42 Å². The summed E-state index contributed by atoms with van der Waals surface area (Å²) in [6.45, 7) is 2.48. The Morgan fingerprint density at radius 3 is 2.50 bits per heavy atom. The number of halogens is 1. The fourth-order valence-corrected chi connectivity index (χ4v) is 6.07. The van der Waals surface area contributed by atoms with Crippen LogP contribution >= 0.6 is 11.6 Å². The molecule has 2 N–H and O–H groups in total. The van der Waals surface area contributed by atoms with Gasteiger partial charge >= 0.3 is 0 Å². The van der Waals surface area contributed by atoms with E-state index in [4.69, 9.17) is 16.3 Å². The number of aryl methyl sites for hydroxylation is 1. The molecule has 42 heavy (non-hydrogen) atoms. The van der Waals surface area contributed by atoms with Crippen LogP contribution in [0.2, 0.25) is 5.02 Å². The Morgan fingerprint density at radius 2 is 1.79 bits per heavy atom. The standard InChI is InChI=1S/C29H30ClN5O6S/c1-20-18-27(25-19-21(30)8-13-26(25)33-20)31-15-17-34(42(39,40)23-11-9-22(41-2)10-12-23)16-5-14-32-29(36)24-6-3-4-7-28(24)35(37)38/h3-4,6-13,18-19H,5,14-17H2,1-2H3,(H,31,33)(H,32,36). The number of hydrogen-bond acceptors (Lipinski definition) is 8. The van der Waals surface area contributed by atoms with E-state index in [2.05, 4.69) is 15.6 Å². The van der Waals surface area contributed by atoms with Crippen LogP contribution in [0.1, 0.15) is 22.5 Å². The molecule has 0 bridgehead atoms. The largest absolute Gasteiger partial charge is 0.497 e. The lowest BCUT2D eigenvalue weighted by Crippen LogP contribution is -2.37. The maximum Gasteiger partial charge on any atom is 0.282 e. The third-order valence-electron chi connectivity index (χ3n) is 6.49. The SMILES string of the molecule is COc1ccc(S(=O)(=O)N(CCCNC(=O)c2ccccc2[N+](=O)[O-])CCNc2cc(C)nc3ccc(Cl)cc23)cc1. The molecule has 0 aliphatic carbocycles. The summed E-state index contributed by atoms with van der Waals surface area (Å²) in [5, 5.41) is 18.6. The molecule has 0 aliphatic rings. The third-order valence-corrected chi connectivity index (χ3v) is 8.64. The van der Waals surface area contributed by atoms with Gasteiger partial charge in [-0.3, -0.25) is 19.9 Å². The zero-order valence-corrected chi connectivity index (χ0v) is 24.6. The zero-order chi connectivity index (χ0) is 30.3. The van der Waals surface area contributed by atoms with Gasteiger partial charge in [0.1, 0.15) is 11.3 Å². The minimum atomic E-state index is -3.91. The average Bonchev–Trinajstić information content (AvgIpc) is 2.98. The van der Waals surface area contributed by atoms with E-state index in [1.807, 2.05) is 19.1 Å². The van der Waals surface area contributed by atoms with Crippen LogP contribution in [-0.2, 0) is 10.0 Å². The normalized spacial score (nSPS) is 11.4. The number of carbonyl (C=O) groups excluding carboxylic acids is 1. The van der Waals surface area contributed by atoms with Gasteiger partial charge in [0.05, 0.1) is 22.4 Å². The molecule has 3 aromatic carbocycles. The van der Waals surface area contributed by atoms with E-state index in [0.717, 1.165) is 22.3 Å². The number of fused-ring (bicyclic) bond motifs is 1. The highest BCUT2D eigenvalue weighted by molar-refractivity contribution is 7.89. The first-order valence-corrected chi connectivity index (χ1v) is 14.9. The third kappa shape index (κ3) is 7.32. The van der Waals surface area contributed by atoms with Gasteiger partial charge in [-0.05, 0) is 67.9 Å². The molecule has 0 aliphatic heterocycles. The van der Waals surface area contributed by atoms with E-state index in [1.54, 1.807) is 30.3 Å². The molecule has 1 amide bonds. The van der Waals surface area contributed by atoms with Crippen molar-refractivity contribution in [2.24, 2.45) is 0 Å². The van der Waals surface area contributed by atoms with E-state index in [9.17, 15) is 23.3 Å². The Morgan fingerprint density at radius 1 is 1.05 bits per heavy atom. The summed E-state index contributed by atoms with van der Waals surface area (Å²) in [5.41, 5.74) is 1.97. The lowest BCUT2D eigenvalue weighted by atomic mass is 10.1. The van der Waals surface area contributed by atoms with Crippen molar-refractivity contribution in [3.8, 4) is 5.75 Å². The highest BCUT2D eigenvalue weighted by Crippen LogP contribution is 2.26. The predicted molar refractivity (Wildman–Crippen MR) is 162 cm³/mol. The number of rotatable bonds is 13. The molecular formula is C29H30ClN5O6S. The number of carbonyl (C=O) groups is 1. The zero-order valence-electron chi connectivity index (χ0n) is 23.0. The molecular weight excluding hydrogens is 582 g/mol. The Labute approximate surface area is 248 Å². The number of sulfonamides is 1. The first-order chi connectivity index (χ1) is 20.1. The Bertz CT molecular complexity index is 1700. The van der Waals surface area contributed by atoms with Gasteiger partial charge < -0.3 is 15.4 Å². The molecule has 0 unspecified atom stereocenters. The number of amides is 1. The lowest BCUT2D eigenvalue weighted by Gasteiger charge is -2.23. The van der Waals surface area contributed by atoms with E-state index in [0.29, 0.717) is 10.8 Å². The highest BCUT2D eigenvalue weighted by atomic mass is 35.5. The smallest absolute Gasteiger partial charge is 0.282 e. The predicted octanol–water partition coefficient (Wildman–Crippen LogP) is 5.04. The van der Waals surface area contributed by atoms with Crippen LogP contribution in [-0.4, -0.2) is 61.8 Å². The quantitative estimate of drug-likeness (QED) is 0.122. The fraction of sp³-hybridized carbons (Fsp3) is 0.241. The monoisotopic (exact) mass is 611 g/mol. The molecule has 11 nitrogen and oxygen atoms in total. The molecule has 0 radical (unpaired) electrons. The van der Waals surface area contributed by atoms with Crippen LogP contribution in [0.3, 0.4) is 0 Å². The van der Waals surface area contributed by atoms with E-state index < -0.39 is 20.9 Å². The highest BCUT2D eigenvalue weighted by Gasteiger charge is 2.25. The van der Waals surface area contributed by atoms with Crippen molar-refractivity contribution in [2.75, 3.05) is 38.6 Å². The van der Waals surface area contributed by atoms with Gasteiger partial charge in [0.2, 0.25) is 10.0 Å². The van der Waals surface area contributed by atoms with Crippen LogP contribution in [0.25, 0.3) is 10.9 Å². The number of hydrogen-bond donors (Lipinski definition) is 2. The molecule has 0 atom stereocenters. The van der Waals surface area contributed by atoms with Crippen molar-refractivity contribution in [3.63, 3.8) is 0 Å². The number of nitrogens with one attached hydrogen (secondary N) is 2. The number of methoxy groups -OCH3 is 1. The minimum absolute atomic E-state index is 0.0608. The van der Waals surface area contributed by atoms with Gasteiger partial charge in [-0.1, -0.05) is 23.7 Å². The molecule has 1 heterocycles. The van der Waals surface area contributed by atoms with Crippen molar-refractivity contribution in [1.82, 2.24) is 14.6 Å². The second-order valence-corrected chi connectivity index (χ2v) is 11.7. The molecule has 4 rings (SSSR count). The number of ether oxygens (including phenoxy) is 1. The van der Waals surface area contributed by atoms with Crippen LogP contribution in [0.5, 0.6) is 5.75 Å². The summed E-state index contributed by atoms with van der Waals surface area (Å²) >= 11 is 6.21. The Hall–Kier alpha value is -4.26. The van der Waals surface area contributed by atoms with Crippen LogP contribution in [0.15, 0.2) is 77.7 Å². The molecule has 1 aromatic heterocycles. The Balaban J connectivity index is 1.48. The van der Waals surface area contributed by atoms with Crippen molar-refractivity contribution in [1.29, 1.82) is 0 Å². The summed E-state index contributed by atoms with van der Waals surface area (Å²) in [6.07, 6.45) is 0.272. The molecule has 0 fully saturated rings. The molecule has 0 saturated heterocycles. The lowest BCUT2D eigenvalue weighted by molar-refractivity contribution is -0.385. The first kappa shape index (κ1) is 30.7. The minimum Gasteiger partial charge on any atom is -0.497 e. The second kappa shape index (κ2) is 13.6. The summed E-state index contributed by atoms with van der Waals surface area (Å²) < 4.78 is 33.7. The van der Waals surface area contributed by atoms with Crippen LogP contribution in [0.4, 0.5) is 11.4 Å². The Kier molecular flexibility index (Phi) is 9.94. The van der Waals surface area contributed by atoms with Gasteiger partial charge in [-0.15, -0.1) is 0 Å². The fourth-order valence-electron chi connectivity index (χ4n) is 4.42. The van der Waals surface area contributed by atoms with Crippen molar-refractivity contribution in [2.45, 2.75) is 18.2 Å². The topological polar surface area (TPSA) is 144 Å². The maximum atomic E-state index is 13.6. The van der Waals surface area contributed by atoms with Crippen molar-refractivity contribution >= 4 is 49.8 Å². The van der Waals surface area contributed by atoms with Gasteiger partial charge in [0.25, 0.3) is 11.6 Å². The van der Waals surface area contributed by atoms with Crippen LogP contribution < -0.4 is 15.4 Å². The molecule has 0 spiro atoms. The molecule has 0 saturated carbocycles. The van der Waals surface area contributed by atoms with E-state index >= 15 is 0 Å². The number of para-hydroxylation sites is 1. The molecule has 13 heteroatoms. The number of nitro benzene ring substituents is 1. The van der Waals surface area contributed by atoms with Crippen LogP contribution in [0, 0.1) is 17.0 Å². The van der Waals surface area contributed by atoms with Crippen molar-refractivity contribution in [3.05, 3.63) is 99.2 Å². The van der Waals surface area contributed by atoms with Gasteiger partial charge in [-0.2, -0.15) is 4.31 Å². The van der Waals surface area contributed by atoms with E-state index in [1.165, 1.54) is 41.7 Å². The summed E-state index contributed by atoms with van der Waals surface area (Å²) in [6, 6.07) is 19.0. The second-order valence-electron chi connectivity index (χ2n) is 9.36.